The highest BCUT2D eigenvalue weighted by atomic mass is 16.4. The highest BCUT2D eigenvalue weighted by Gasteiger charge is 2.41. The van der Waals surface area contributed by atoms with Crippen LogP contribution in [0.5, 0.6) is 0 Å². The normalized spacial score (nSPS) is 27.3. The van der Waals surface area contributed by atoms with Gasteiger partial charge in [0, 0.05) is 6.54 Å². The molecule has 0 aromatic rings. The van der Waals surface area contributed by atoms with E-state index >= 15 is 0 Å². The lowest BCUT2D eigenvalue weighted by Gasteiger charge is -2.26. The van der Waals surface area contributed by atoms with Gasteiger partial charge in [-0.2, -0.15) is 0 Å². The number of carbonyl (C=O) groups excluding carboxylic acids is 1. The Bertz CT molecular complexity index is 338. The summed E-state index contributed by atoms with van der Waals surface area (Å²) in [4.78, 5) is 23.2. The Kier molecular flexibility index (Phi) is 5.35. The van der Waals surface area contributed by atoms with Crippen molar-refractivity contribution in [1.82, 2.24) is 5.32 Å². The van der Waals surface area contributed by atoms with Crippen LogP contribution in [0.3, 0.4) is 0 Å². The van der Waals surface area contributed by atoms with Crippen LogP contribution in [0.2, 0.25) is 0 Å². The standard InChI is InChI=1S/C14H25NO4/c1-4-14(19,5-2)8-15-12(16)10-6-9(3)7-11(10)13(17)18/h9-11,19H,4-8H2,1-3H3,(H,15,16)(H,17,18)/t9?,10-,11+/m0/s1. The third-order valence-corrected chi connectivity index (χ3v) is 4.36. The van der Waals surface area contributed by atoms with Crippen LogP contribution in [-0.2, 0) is 9.59 Å². The van der Waals surface area contributed by atoms with Crippen molar-refractivity contribution in [1.29, 1.82) is 0 Å². The highest BCUT2D eigenvalue weighted by molar-refractivity contribution is 5.85. The van der Waals surface area contributed by atoms with Crippen LogP contribution in [0, 0.1) is 17.8 Å². The first kappa shape index (κ1) is 16.0. The molecular weight excluding hydrogens is 246 g/mol. The summed E-state index contributed by atoms with van der Waals surface area (Å²) in [5, 5.41) is 22.0. The molecule has 1 aliphatic carbocycles. The van der Waals surface area contributed by atoms with E-state index in [1.807, 2.05) is 20.8 Å². The number of carbonyl (C=O) groups is 2. The fourth-order valence-corrected chi connectivity index (χ4v) is 2.74. The zero-order valence-corrected chi connectivity index (χ0v) is 12.0. The van der Waals surface area contributed by atoms with E-state index in [1.165, 1.54) is 0 Å². The average Bonchev–Trinajstić information content (AvgIpc) is 2.78. The summed E-state index contributed by atoms with van der Waals surface area (Å²) < 4.78 is 0. The van der Waals surface area contributed by atoms with E-state index in [0.29, 0.717) is 25.7 Å². The Labute approximate surface area is 114 Å². The molecule has 0 radical (unpaired) electrons. The first-order chi connectivity index (χ1) is 8.83. The van der Waals surface area contributed by atoms with E-state index in [0.717, 1.165) is 0 Å². The number of hydrogen-bond acceptors (Lipinski definition) is 3. The Morgan fingerprint density at radius 2 is 1.74 bits per heavy atom. The van der Waals surface area contributed by atoms with Gasteiger partial charge in [0.2, 0.25) is 5.91 Å². The molecular formula is C14H25NO4. The lowest BCUT2D eigenvalue weighted by atomic mass is 9.93. The van der Waals surface area contributed by atoms with Crippen molar-refractivity contribution >= 4 is 11.9 Å². The van der Waals surface area contributed by atoms with Crippen LogP contribution in [0.1, 0.15) is 46.5 Å². The maximum atomic E-state index is 12.1. The predicted molar refractivity (Wildman–Crippen MR) is 71.6 cm³/mol. The van der Waals surface area contributed by atoms with Gasteiger partial charge in [0.15, 0.2) is 0 Å². The van der Waals surface area contributed by atoms with Crippen LogP contribution < -0.4 is 5.32 Å². The van der Waals surface area contributed by atoms with Gasteiger partial charge in [0.1, 0.15) is 0 Å². The largest absolute Gasteiger partial charge is 0.481 e. The Morgan fingerprint density at radius 3 is 2.21 bits per heavy atom. The molecule has 5 heteroatoms. The van der Waals surface area contributed by atoms with Gasteiger partial charge in [-0.3, -0.25) is 9.59 Å². The molecule has 1 unspecified atom stereocenters. The SMILES string of the molecule is CCC(O)(CC)CNC(=O)[C@H]1CC(C)C[C@H]1C(=O)O. The summed E-state index contributed by atoms with van der Waals surface area (Å²) in [6, 6.07) is 0. The van der Waals surface area contributed by atoms with E-state index in [9.17, 15) is 14.7 Å². The van der Waals surface area contributed by atoms with Crippen molar-refractivity contribution in [3.05, 3.63) is 0 Å². The first-order valence-electron chi connectivity index (χ1n) is 7.05. The highest BCUT2D eigenvalue weighted by Crippen LogP contribution is 2.36. The van der Waals surface area contributed by atoms with Gasteiger partial charge >= 0.3 is 5.97 Å². The third kappa shape index (κ3) is 3.93. The van der Waals surface area contributed by atoms with Crippen molar-refractivity contribution < 1.29 is 19.8 Å². The molecule has 0 aromatic heterocycles. The fraction of sp³-hybridized carbons (Fsp3) is 0.857. The van der Waals surface area contributed by atoms with Crippen LogP contribution in [0.15, 0.2) is 0 Å². The monoisotopic (exact) mass is 271 g/mol. The smallest absolute Gasteiger partial charge is 0.307 e. The van der Waals surface area contributed by atoms with Gasteiger partial charge in [-0.25, -0.2) is 0 Å². The number of nitrogens with one attached hydrogen (secondary N) is 1. The van der Waals surface area contributed by atoms with Crippen molar-refractivity contribution in [3.63, 3.8) is 0 Å². The van der Waals surface area contributed by atoms with Gasteiger partial charge in [0.05, 0.1) is 17.4 Å². The van der Waals surface area contributed by atoms with Crippen molar-refractivity contribution in [2.24, 2.45) is 17.8 Å². The number of hydrogen-bond donors (Lipinski definition) is 3. The first-order valence-corrected chi connectivity index (χ1v) is 7.05. The molecule has 0 aromatic carbocycles. The molecule has 5 nitrogen and oxygen atoms in total. The molecule has 0 aliphatic heterocycles. The van der Waals surface area contributed by atoms with Crippen molar-refractivity contribution in [2.75, 3.05) is 6.54 Å². The van der Waals surface area contributed by atoms with E-state index in [2.05, 4.69) is 5.32 Å². The number of carboxylic acid groups (broad SMARTS) is 1. The summed E-state index contributed by atoms with van der Waals surface area (Å²) in [6.07, 6.45) is 2.29. The molecule has 19 heavy (non-hydrogen) atoms. The lowest BCUT2D eigenvalue weighted by molar-refractivity contribution is -0.146. The van der Waals surface area contributed by atoms with Gasteiger partial charge in [-0.1, -0.05) is 20.8 Å². The summed E-state index contributed by atoms with van der Waals surface area (Å²) in [5.74, 6) is -1.94. The summed E-state index contributed by atoms with van der Waals surface area (Å²) in [6.45, 7) is 5.90. The summed E-state index contributed by atoms with van der Waals surface area (Å²) >= 11 is 0. The zero-order chi connectivity index (χ0) is 14.6. The van der Waals surface area contributed by atoms with E-state index in [4.69, 9.17) is 5.11 Å². The molecule has 110 valence electrons. The molecule has 1 rings (SSSR count). The average molecular weight is 271 g/mol. The number of aliphatic hydroxyl groups is 1. The number of amides is 1. The topological polar surface area (TPSA) is 86.6 Å². The van der Waals surface area contributed by atoms with Gasteiger partial charge in [-0.05, 0) is 31.6 Å². The molecule has 3 atom stereocenters. The second-order valence-electron chi connectivity index (χ2n) is 5.78. The maximum Gasteiger partial charge on any atom is 0.307 e. The minimum absolute atomic E-state index is 0.191. The molecule has 3 N–H and O–H groups in total. The zero-order valence-electron chi connectivity index (χ0n) is 12.0. The number of rotatable bonds is 6. The van der Waals surface area contributed by atoms with Crippen LogP contribution in [-0.4, -0.2) is 34.2 Å². The number of aliphatic carboxylic acids is 1. The Hall–Kier alpha value is -1.10. The molecule has 1 aliphatic rings. The molecule has 1 saturated carbocycles. The van der Waals surface area contributed by atoms with E-state index in [-0.39, 0.29) is 18.4 Å². The van der Waals surface area contributed by atoms with Crippen LogP contribution >= 0.6 is 0 Å². The van der Waals surface area contributed by atoms with Crippen LogP contribution in [0.25, 0.3) is 0 Å². The molecule has 0 heterocycles. The third-order valence-electron chi connectivity index (χ3n) is 4.36. The molecule has 0 spiro atoms. The molecule has 0 bridgehead atoms. The van der Waals surface area contributed by atoms with Crippen LogP contribution in [0.4, 0.5) is 0 Å². The molecule has 0 saturated heterocycles. The minimum atomic E-state index is -0.897. The van der Waals surface area contributed by atoms with Crippen molar-refractivity contribution in [3.8, 4) is 0 Å². The lowest BCUT2D eigenvalue weighted by Crippen LogP contribution is -2.45. The van der Waals surface area contributed by atoms with Crippen molar-refractivity contribution in [2.45, 2.75) is 52.1 Å². The van der Waals surface area contributed by atoms with Gasteiger partial charge < -0.3 is 15.5 Å². The van der Waals surface area contributed by atoms with E-state index in [1.54, 1.807) is 0 Å². The van der Waals surface area contributed by atoms with E-state index < -0.39 is 23.4 Å². The minimum Gasteiger partial charge on any atom is -0.481 e. The molecule has 1 fully saturated rings. The quantitative estimate of drug-likeness (QED) is 0.681. The second-order valence-corrected chi connectivity index (χ2v) is 5.78. The number of carboxylic acids is 1. The summed E-state index contributed by atoms with van der Waals surface area (Å²) in [5.41, 5.74) is -0.890. The summed E-state index contributed by atoms with van der Waals surface area (Å²) in [7, 11) is 0. The van der Waals surface area contributed by atoms with Gasteiger partial charge in [0.25, 0.3) is 0 Å². The maximum absolute atomic E-state index is 12.1. The second kappa shape index (κ2) is 6.37. The Balaban J connectivity index is 2.60. The fourth-order valence-electron chi connectivity index (χ4n) is 2.74. The Morgan fingerprint density at radius 1 is 1.21 bits per heavy atom. The van der Waals surface area contributed by atoms with Gasteiger partial charge in [-0.15, -0.1) is 0 Å². The molecule has 1 amide bonds. The predicted octanol–water partition coefficient (Wildman–Crippen LogP) is 1.40.